The quantitative estimate of drug-likeness (QED) is 0.764. The maximum atomic E-state index is 13.3. The first kappa shape index (κ1) is 17.7. The van der Waals surface area contributed by atoms with Crippen LogP contribution < -0.4 is 0 Å². The molecule has 0 heterocycles. The first-order valence-corrected chi connectivity index (χ1v) is 10.1. The number of hydrogen-bond donors (Lipinski definition) is 2. The van der Waals surface area contributed by atoms with Crippen molar-refractivity contribution in [3.63, 3.8) is 0 Å². The second kappa shape index (κ2) is 5.39. The number of carbonyl (C=O) groups excluding carboxylic acids is 2. The average Bonchev–Trinajstić information content (AvgIpc) is 2.80. The molecule has 0 aromatic carbocycles. The highest BCUT2D eigenvalue weighted by atomic mass is 16.3. The molecule has 4 aliphatic carbocycles. The van der Waals surface area contributed by atoms with E-state index >= 15 is 0 Å². The van der Waals surface area contributed by atoms with Gasteiger partial charge in [0, 0.05) is 17.8 Å². The number of Topliss-reactive ketones (excluding diaryl/α,β-unsaturated/α-hetero) is 2. The summed E-state index contributed by atoms with van der Waals surface area (Å²) in [4.78, 5) is 25.6. The van der Waals surface area contributed by atoms with Crippen LogP contribution in [0.2, 0.25) is 0 Å². The molecule has 0 amide bonds. The summed E-state index contributed by atoms with van der Waals surface area (Å²) >= 11 is 0. The van der Waals surface area contributed by atoms with Gasteiger partial charge in [-0.1, -0.05) is 13.8 Å². The summed E-state index contributed by atoms with van der Waals surface area (Å²) in [6.07, 6.45) is 6.07. The lowest BCUT2D eigenvalue weighted by Gasteiger charge is -2.60. The van der Waals surface area contributed by atoms with Gasteiger partial charge in [-0.25, -0.2) is 0 Å². The monoisotopic (exact) mass is 348 g/mol. The van der Waals surface area contributed by atoms with Gasteiger partial charge >= 0.3 is 0 Å². The number of aliphatic hydroxyl groups excluding tert-OH is 1. The zero-order valence-corrected chi connectivity index (χ0v) is 15.8. The Morgan fingerprint density at radius 3 is 2.52 bits per heavy atom. The Bertz CT molecular complexity index is 615. The van der Waals surface area contributed by atoms with Crippen LogP contribution in [0.3, 0.4) is 0 Å². The molecule has 4 nitrogen and oxygen atoms in total. The minimum atomic E-state index is -1.33. The topological polar surface area (TPSA) is 74.6 Å². The van der Waals surface area contributed by atoms with Crippen LogP contribution in [0.25, 0.3) is 0 Å². The number of rotatable bonds is 1. The molecule has 0 aromatic heterocycles. The summed E-state index contributed by atoms with van der Waals surface area (Å²) in [5, 5.41) is 21.2. The Morgan fingerprint density at radius 1 is 1.12 bits per heavy atom. The minimum Gasteiger partial charge on any atom is -0.393 e. The van der Waals surface area contributed by atoms with Crippen molar-refractivity contribution in [1.29, 1.82) is 0 Å². The summed E-state index contributed by atoms with van der Waals surface area (Å²) in [5.74, 6) is 1.10. The van der Waals surface area contributed by atoms with Gasteiger partial charge in [0.1, 0.15) is 11.4 Å². The minimum absolute atomic E-state index is 0.0164. The van der Waals surface area contributed by atoms with Gasteiger partial charge in [0.05, 0.1) is 6.10 Å². The van der Waals surface area contributed by atoms with Crippen molar-refractivity contribution in [2.75, 3.05) is 0 Å². The number of ketones is 2. The first-order chi connectivity index (χ1) is 11.6. The SMILES string of the molecule is CC(=O)[C@@]1(O)CC[C@@H]2[C@@H]3CC[C@H]4C[C@H](O)CC[C@]4(C)[C@@H]3C(=O)C[C@@]21C. The molecule has 0 unspecified atom stereocenters. The molecular weight excluding hydrogens is 316 g/mol. The molecule has 0 radical (unpaired) electrons. The maximum absolute atomic E-state index is 13.3. The summed E-state index contributed by atoms with van der Waals surface area (Å²) in [7, 11) is 0. The van der Waals surface area contributed by atoms with Crippen LogP contribution in [0, 0.1) is 34.5 Å². The average molecular weight is 348 g/mol. The molecule has 0 spiro atoms. The summed E-state index contributed by atoms with van der Waals surface area (Å²) < 4.78 is 0. The van der Waals surface area contributed by atoms with E-state index in [0.717, 1.165) is 38.5 Å². The van der Waals surface area contributed by atoms with E-state index in [9.17, 15) is 19.8 Å². The molecule has 25 heavy (non-hydrogen) atoms. The van der Waals surface area contributed by atoms with E-state index in [-0.39, 0.29) is 40.8 Å². The van der Waals surface area contributed by atoms with Crippen molar-refractivity contribution in [3.05, 3.63) is 0 Å². The Kier molecular flexibility index (Phi) is 3.81. The van der Waals surface area contributed by atoms with Gasteiger partial charge in [-0.05, 0) is 75.0 Å². The second-order valence-electron chi connectivity index (χ2n) is 9.97. The predicted molar refractivity (Wildman–Crippen MR) is 93.8 cm³/mol. The van der Waals surface area contributed by atoms with E-state index in [1.165, 1.54) is 6.92 Å². The molecule has 4 rings (SSSR count). The maximum Gasteiger partial charge on any atom is 0.161 e. The Labute approximate surface area is 150 Å². The van der Waals surface area contributed by atoms with Crippen LogP contribution in [0.5, 0.6) is 0 Å². The zero-order chi connectivity index (χ0) is 18.2. The molecule has 140 valence electrons. The smallest absolute Gasteiger partial charge is 0.161 e. The Hall–Kier alpha value is -0.740. The van der Waals surface area contributed by atoms with Crippen molar-refractivity contribution in [1.82, 2.24) is 0 Å². The highest BCUT2D eigenvalue weighted by molar-refractivity contribution is 5.90. The number of fused-ring (bicyclic) bond motifs is 5. The normalized spacial score (nSPS) is 55.2. The van der Waals surface area contributed by atoms with Gasteiger partial charge in [0.2, 0.25) is 0 Å². The van der Waals surface area contributed by atoms with E-state index in [1.54, 1.807) is 0 Å². The van der Waals surface area contributed by atoms with Gasteiger partial charge in [-0.2, -0.15) is 0 Å². The van der Waals surface area contributed by atoms with Gasteiger partial charge in [0.15, 0.2) is 5.78 Å². The van der Waals surface area contributed by atoms with Gasteiger partial charge in [-0.3, -0.25) is 9.59 Å². The highest BCUT2D eigenvalue weighted by Gasteiger charge is 2.68. The van der Waals surface area contributed by atoms with Crippen molar-refractivity contribution in [2.24, 2.45) is 34.5 Å². The molecule has 0 saturated heterocycles. The van der Waals surface area contributed by atoms with Gasteiger partial charge < -0.3 is 10.2 Å². The summed E-state index contributed by atoms with van der Waals surface area (Å²) in [5.41, 5.74) is -1.95. The number of hydrogen-bond acceptors (Lipinski definition) is 4. The molecule has 0 aliphatic heterocycles. The van der Waals surface area contributed by atoms with Gasteiger partial charge in [0.25, 0.3) is 0 Å². The van der Waals surface area contributed by atoms with Crippen molar-refractivity contribution >= 4 is 11.6 Å². The predicted octanol–water partition coefficient (Wildman–Crippen LogP) is 2.89. The lowest BCUT2D eigenvalue weighted by molar-refractivity contribution is -0.178. The summed E-state index contributed by atoms with van der Waals surface area (Å²) in [6.45, 7) is 5.73. The fraction of sp³-hybridized carbons (Fsp3) is 0.905. The standard InChI is InChI=1S/C21H32O4/c1-12(22)21(25)9-7-16-15-5-4-13-10-14(23)6-8-19(13,2)18(15)17(24)11-20(16,21)3/h13-16,18,23,25H,4-11H2,1-3H3/t13-,14+,15-,16+,18-,19-,20-,21-/m0/s1. The lowest BCUT2D eigenvalue weighted by atomic mass is 9.44. The molecule has 4 saturated carbocycles. The van der Waals surface area contributed by atoms with Crippen molar-refractivity contribution in [2.45, 2.75) is 83.8 Å². The fourth-order valence-corrected chi connectivity index (χ4v) is 7.63. The van der Waals surface area contributed by atoms with Crippen LogP contribution >= 0.6 is 0 Å². The second-order valence-corrected chi connectivity index (χ2v) is 9.97. The third-order valence-corrected chi connectivity index (χ3v) is 9.06. The molecule has 4 heteroatoms. The molecule has 2 N–H and O–H groups in total. The molecule has 4 aliphatic rings. The van der Waals surface area contributed by atoms with Crippen molar-refractivity contribution < 1.29 is 19.8 Å². The van der Waals surface area contributed by atoms with E-state index in [1.807, 2.05) is 6.92 Å². The van der Waals surface area contributed by atoms with Crippen LogP contribution in [0.15, 0.2) is 0 Å². The van der Waals surface area contributed by atoms with Crippen LogP contribution in [0.4, 0.5) is 0 Å². The van der Waals surface area contributed by atoms with Crippen LogP contribution in [-0.2, 0) is 9.59 Å². The molecule has 4 fully saturated rings. The third-order valence-electron chi connectivity index (χ3n) is 9.06. The van der Waals surface area contributed by atoms with E-state index < -0.39 is 11.0 Å². The number of aliphatic hydroxyl groups is 2. The molecule has 0 bridgehead atoms. The third kappa shape index (κ3) is 2.13. The largest absolute Gasteiger partial charge is 0.393 e. The zero-order valence-electron chi connectivity index (χ0n) is 15.8. The lowest BCUT2D eigenvalue weighted by Crippen LogP contribution is -2.61. The van der Waals surface area contributed by atoms with Crippen LogP contribution in [-0.4, -0.2) is 33.5 Å². The van der Waals surface area contributed by atoms with E-state index in [4.69, 9.17) is 0 Å². The first-order valence-electron chi connectivity index (χ1n) is 10.1. The highest BCUT2D eigenvalue weighted by Crippen LogP contribution is 2.67. The molecule has 8 atom stereocenters. The Balaban J connectivity index is 1.71. The summed E-state index contributed by atoms with van der Waals surface area (Å²) in [6, 6.07) is 0. The molecule has 0 aromatic rings. The molecular formula is C21H32O4. The van der Waals surface area contributed by atoms with E-state index in [2.05, 4.69) is 6.92 Å². The fourth-order valence-electron chi connectivity index (χ4n) is 7.63. The van der Waals surface area contributed by atoms with Gasteiger partial charge in [-0.15, -0.1) is 0 Å². The number of carbonyl (C=O) groups is 2. The Morgan fingerprint density at radius 2 is 1.84 bits per heavy atom. The van der Waals surface area contributed by atoms with Crippen molar-refractivity contribution in [3.8, 4) is 0 Å². The van der Waals surface area contributed by atoms with Crippen LogP contribution in [0.1, 0.15) is 72.1 Å². The van der Waals surface area contributed by atoms with E-state index in [0.29, 0.717) is 18.8 Å².